The predicted octanol–water partition coefficient (Wildman–Crippen LogP) is -2.07. The molecule has 1 unspecified atom stereocenters. The van der Waals surface area contributed by atoms with E-state index in [4.69, 9.17) is 26.0 Å². The van der Waals surface area contributed by atoms with Gasteiger partial charge in [0.2, 0.25) is 0 Å². The van der Waals surface area contributed by atoms with Gasteiger partial charge < -0.3 is 35.6 Å². The van der Waals surface area contributed by atoms with Crippen LogP contribution in [0.3, 0.4) is 0 Å². The van der Waals surface area contributed by atoms with Crippen molar-refractivity contribution in [3.05, 3.63) is 71.9 Å². The minimum absolute atomic E-state index is 0. The normalized spacial score (nSPS) is 19.6. The van der Waals surface area contributed by atoms with Crippen LogP contribution in [0.15, 0.2) is 55.1 Å². The Bertz CT molecular complexity index is 1190. The van der Waals surface area contributed by atoms with Crippen molar-refractivity contribution in [2.24, 2.45) is 11.7 Å². The second-order valence-electron chi connectivity index (χ2n) is 7.49. The molecule has 0 fully saturated rings. The SMILES string of the molecule is [NH-]c1ncnc2c1ncn2[C@@H]1C=C[C@H](COP([NH-])(=O)OC(=O)[C@@H](N)Cc2ccccc2)C1.[Na+].[Na+]. The molecule has 0 amide bonds. The average Bonchev–Trinajstić information content (AvgIpc) is 3.40. The molecule has 168 valence electrons. The summed E-state index contributed by atoms with van der Waals surface area (Å²) in [6, 6.07) is 7.97. The molecule has 4 N–H and O–H groups in total. The summed E-state index contributed by atoms with van der Waals surface area (Å²) < 4.78 is 24.1. The number of aromatic nitrogens is 4. The number of carbonyl (C=O) groups excluding carboxylic acids is 1. The maximum absolute atomic E-state index is 12.3. The zero-order valence-electron chi connectivity index (χ0n) is 19.0. The molecular weight excluding hydrogens is 479 g/mol. The molecule has 0 radical (unpaired) electrons. The third-order valence-corrected chi connectivity index (χ3v) is 6.04. The van der Waals surface area contributed by atoms with Gasteiger partial charge in [0.25, 0.3) is 7.75 Å². The van der Waals surface area contributed by atoms with Crippen molar-refractivity contribution in [2.75, 3.05) is 6.61 Å². The molecule has 0 spiro atoms. The van der Waals surface area contributed by atoms with Crippen molar-refractivity contribution in [3.8, 4) is 0 Å². The van der Waals surface area contributed by atoms with Crippen molar-refractivity contribution in [3.63, 3.8) is 0 Å². The van der Waals surface area contributed by atoms with Crippen molar-refractivity contribution >= 4 is 30.7 Å². The molecule has 4 rings (SSSR count). The molecule has 0 saturated heterocycles. The number of hydrogen-bond donors (Lipinski definition) is 1. The van der Waals surface area contributed by atoms with Crippen LogP contribution in [0.5, 0.6) is 0 Å². The number of nitrogens with one attached hydrogen (secondary N) is 2. The van der Waals surface area contributed by atoms with Gasteiger partial charge in [-0.2, -0.15) is 0 Å². The van der Waals surface area contributed by atoms with Gasteiger partial charge in [0.15, 0.2) is 5.65 Å². The topological polar surface area (TPSA) is 170 Å². The van der Waals surface area contributed by atoms with Crippen molar-refractivity contribution in [1.82, 2.24) is 19.5 Å². The Kier molecular flexibility index (Phi) is 10.9. The first-order valence-electron chi connectivity index (χ1n) is 9.92. The molecule has 4 atom stereocenters. The molecule has 2 heterocycles. The largest absolute Gasteiger partial charge is 1.00 e. The Morgan fingerprint density at radius 2 is 1.94 bits per heavy atom. The Morgan fingerprint density at radius 1 is 1.21 bits per heavy atom. The number of nitrogens with zero attached hydrogens (tertiary/aromatic N) is 4. The average molecular weight is 501 g/mol. The fourth-order valence-corrected chi connectivity index (χ4v) is 4.35. The van der Waals surface area contributed by atoms with Gasteiger partial charge in [-0.3, -0.25) is 9.36 Å². The van der Waals surface area contributed by atoms with E-state index in [0.29, 0.717) is 17.6 Å². The molecule has 14 heteroatoms. The second-order valence-corrected chi connectivity index (χ2v) is 8.93. The van der Waals surface area contributed by atoms with E-state index in [1.165, 1.54) is 6.33 Å². The van der Waals surface area contributed by atoms with Crippen LogP contribution in [-0.4, -0.2) is 38.1 Å². The Morgan fingerprint density at radius 3 is 2.68 bits per heavy atom. The van der Waals surface area contributed by atoms with Gasteiger partial charge in [-0.1, -0.05) is 42.5 Å². The van der Waals surface area contributed by atoms with E-state index < -0.39 is 19.8 Å². The van der Waals surface area contributed by atoms with Gasteiger partial charge in [0, 0.05) is 12.2 Å². The van der Waals surface area contributed by atoms with E-state index in [0.717, 1.165) is 5.56 Å². The number of benzene rings is 1. The molecule has 3 aromatic rings. The van der Waals surface area contributed by atoms with E-state index in [1.54, 1.807) is 6.33 Å². The summed E-state index contributed by atoms with van der Waals surface area (Å²) in [6.45, 7) is -0.0553. The van der Waals surface area contributed by atoms with Crippen LogP contribution in [-0.2, 0) is 24.8 Å². The molecule has 2 aromatic heterocycles. The molecule has 0 saturated carbocycles. The molecule has 11 nitrogen and oxygen atoms in total. The van der Waals surface area contributed by atoms with Crippen LogP contribution < -0.4 is 64.8 Å². The molecular formula is C20H22N7Na2O4P. The van der Waals surface area contributed by atoms with Gasteiger partial charge in [-0.25, -0.2) is 9.97 Å². The fraction of sp³-hybridized carbons (Fsp3) is 0.300. The number of carbonyl (C=O) groups is 1. The molecule has 0 aliphatic heterocycles. The van der Waals surface area contributed by atoms with Crippen LogP contribution in [0.25, 0.3) is 22.4 Å². The molecule has 1 aromatic carbocycles. The van der Waals surface area contributed by atoms with E-state index >= 15 is 0 Å². The number of hydrogen-bond acceptors (Lipinski definition) is 8. The van der Waals surface area contributed by atoms with Crippen molar-refractivity contribution in [2.45, 2.75) is 24.9 Å². The Hall–Kier alpha value is -1.11. The minimum atomic E-state index is -4.36. The zero-order chi connectivity index (χ0) is 22.7. The van der Waals surface area contributed by atoms with Crippen LogP contribution in [0, 0.1) is 5.92 Å². The third kappa shape index (κ3) is 7.20. The van der Waals surface area contributed by atoms with Gasteiger partial charge in [-0.15, -0.1) is 0 Å². The number of allylic oxidation sites excluding steroid dienone is 1. The quantitative estimate of drug-likeness (QED) is 0.208. The number of rotatable bonds is 8. The maximum atomic E-state index is 12.3. The minimum Gasteiger partial charge on any atom is -0.559 e. The van der Waals surface area contributed by atoms with Crippen LogP contribution in [0.4, 0.5) is 5.82 Å². The fourth-order valence-electron chi connectivity index (χ4n) is 3.53. The Balaban J connectivity index is 0.00000204. The smallest absolute Gasteiger partial charge is 0.559 e. The van der Waals surface area contributed by atoms with Crippen LogP contribution in [0.2, 0.25) is 0 Å². The first-order valence-corrected chi connectivity index (χ1v) is 11.5. The standard InChI is InChI=1S/C20H22N7O4P.2Na/c21-16(9-13-4-2-1-3-5-13)20(28)31-32(23,29)30-10-14-6-7-15(8-14)27-12-26-17-18(22)24-11-25-19(17)27;;/h1-7,11-12,14-16H,8-10,21H2,(H2-2,22,23,24,25,29);;/q-2;2*+1/t14-,15+,16-,32?;;/m0../s1. The second kappa shape index (κ2) is 12.7. The van der Waals surface area contributed by atoms with Gasteiger partial charge in [-0.05, 0) is 24.2 Å². The summed E-state index contributed by atoms with van der Waals surface area (Å²) in [4.78, 5) is 24.4. The molecule has 34 heavy (non-hydrogen) atoms. The van der Waals surface area contributed by atoms with Gasteiger partial charge >= 0.3 is 65.1 Å². The van der Waals surface area contributed by atoms with Gasteiger partial charge in [0.05, 0.1) is 19.0 Å². The third-order valence-electron chi connectivity index (χ3n) is 5.14. The molecule has 1 aliphatic carbocycles. The first-order chi connectivity index (χ1) is 15.3. The summed E-state index contributed by atoms with van der Waals surface area (Å²) in [5, 5.41) is 0. The van der Waals surface area contributed by atoms with E-state index in [1.807, 2.05) is 47.1 Å². The van der Waals surface area contributed by atoms with Crippen molar-refractivity contribution in [1.29, 1.82) is 0 Å². The van der Waals surface area contributed by atoms with E-state index in [-0.39, 0.29) is 89.9 Å². The van der Waals surface area contributed by atoms with Crippen LogP contribution in [0.1, 0.15) is 18.0 Å². The molecule has 1 aliphatic rings. The monoisotopic (exact) mass is 501 g/mol. The van der Waals surface area contributed by atoms with Crippen LogP contribution >= 0.6 is 7.75 Å². The summed E-state index contributed by atoms with van der Waals surface area (Å²) >= 11 is 0. The molecule has 0 bridgehead atoms. The zero-order valence-corrected chi connectivity index (χ0v) is 23.9. The maximum Gasteiger partial charge on any atom is 1.00 e. The van der Waals surface area contributed by atoms with E-state index in [9.17, 15) is 9.36 Å². The Labute approximate surface area is 241 Å². The van der Waals surface area contributed by atoms with E-state index in [2.05, 4.69) is 15.0 Å². The summed E-state index contributed by atoms with van der Waals surface area (Å²) in [6.07, 6.45) is 7.51. The summed E-state index contributed by atoms with van der Waals surface area (Å²) in [5.74, 6) is -1.04. The number of imidazole rings is 1. The van der Waals surface area contributed by atoms with Gasteiger partial charge in [0.1, 0.15) is 11.6 Å². The van der Waals surface area contributed by atoms with Crippen molar-refractivity contribution < 1.29 is 77.5 Å². The summed E-state index contributed by atoms with van der Waals surface area (Å²) in [7, 11) is -4.36. The predicted molar refractivity (Wildman–Crippen MR) is 118 cm³/mol. The number of fused-ring (bicyclic) bond motifs is 1. The summed E-state index contributed by atoms with van der Waals surface area (Å²) in [5.41, 5.74) is 23.2. The first kappa shape index (κ1) is 29.1. The number of nitrogens with two attached hydrogens (primary N) is 1.